The molecule has 0 spiro atoms. The standard InChI is InChI=1S/C13H19N3O3S/c1-9-11(5-2-6-12(9)20(14,18)19)16-13(17)10-4-3-7-15-8-10/h2,5-6,10,15H,3-4,7-8H2,1H3,(H,16,17)(H2,14,18,19). The lowest BCUT2D eigenvalue weighted by molar-refractivity contribution is -0.120. The highest BCUT2D eigenvalue weighted by Crippen LogP contribution is 2.23. The van der Waals surface area contributed by atoms with E-state index in [4.69, 9.17) is 5.14 Å². The van der Waals surface area contributed by atoms with Crippen LogP contribution in [0.15, 0.2) is 23.1 Å². The predicted molar refractivity (Wildman–Crippen MR) is 76.8 cm³/mol. The number of sulfonamides is 1. The molecule has 0 saturated carbocycles. The number of rotatable bonds is 3. The molecule has 0 aromatic heterocycles. The Kier molecular flexibility index (Phi) is 4.42. The normalized spacial score (nSPS) is 19.6. The van der Waals surface area contributed by atoms with Crippen LogP contribution in [-0.2, 0) is 14.8 Å². The molecule has 4 N–H and O–H groups in total. The zero-order valence-electron chi connectivity index (χ0n) is 11.3. The van der Waals surface area contributed by atoms with Gasteiger partial charge in [0.15, 0.2) is 0 Å². The van der Waals surface area contributed by atoms with Crippen molar-refractivity contribution in [3.63, 3.8) is 0 Å². The van der Waals surface area contributed by atoms with Crippen LogP contribution in [0.1, 0.15) is 18.4 Å². The molecule has 6 nitrogen and oxygen atoms in total. The van der Waals surface area contributed by atoms with Gasteiger partial charge in [-0.3, -0.25) is 4.79 Å². The second-order valence-electron chi connectivity index (χ2n) is 5.01. The fraction of sp³-hybridized carbons (Fsp3) is 0.462. The zero-order valence-corrected chi connectivity index (χ0v) is 12.2. The lowest BCUT2D eigenvalue weighted by atomic mass is 9.98. The van der Waals surface area contributed by atoms with Crippen molar-refractivity contribution in [2.24, 2.45) is 11.1 Å². The topological polar surface area (TPSA) is 101 Å². The van der Waals surface area contributed by atoms with E-state index in [2.05, 4.69) is 10.6 Å². The molecule has 1 heterocycles. The smallest absolute Gasteiger partial charge is 0.238 e. The maximum absolute atomic E-state index is 12.1. The van der Waals surface area contributed by atoms with Crippen LogP contribution in [0, 0.1) is 12.8 Å². The second kappa shape index (κ2) is 5.90. The van der Waals surface area contributed by atoms with E-state index in [-0.39, 0.29) is 16.7 Å². The molecular formula is C13H19N3O3S. The third-order valence-electron chi connectivity index (χ3n) is 3.52. The molecule has 1 aliphatic heterocycles. The van der Waals surface area contributed by atoms with E-state index >= 15 is 0 Å². The van der Waals surface area contributed by atoms with Crippen LogP contribution in [0.25, 0.3) is 0 Å². The van der Waals surface area contributed by atoms with Crippen LogP contribution in [0.5, 0.6) is 0 Å². The summed E-state index contributed by atoms with van der Waals surface area (Å²) >= 11 is 0. The number of nitrogens with two attached hydrogens (primary N) is 1. The molecule has 0 radical (unpaired) electrons. The van der Waals surface area contributed by atoms with Crippen LogP contribution in [-0.4, -0.2) is 27.4 Å². The Hall–Kier alpha value is -1.44. The number of carbonyl (C=O) groups is 1. The van der Waals surface area contributed by atoms with Gasteiger partial charge in [-0.15, -0.1) is 0 Å². The first-order valence-electron chi connectivity index (χ1n) is 6.53. The summed E-state index contributed by atoms with van der Waals surface area (Å²) < 4.78 is 22.9. The van der Waals surface area contributed by atoms with Gasteiger partial charge >= 0.3 is 0 Å². The summed E-state index contributed by atoms with van der Waals surface area (Å²) in [5.74, 6) is -0.173. The van der Waals surface area contributed by atoms with Gasteiger partial charge in [0.1, 0.15) is 0 Å². The van der Waals surface area contributed by atoms with Gasteiger partial charge in [0.05, 0.1) is 10.8 Å². The average molecular weight is 297 g/mol. The quantitative estimate of drug-likeness (QED) is 0.759. The van der Waals surface area contributed by atoms with Crippen molar-refractivity contribution in [2.45, 2.75) is 24.7 Å². The fourth-order valence-corrected chi connectivity index (χ4v) is 3.17. The van der Waals surface area contributed by atoms with Gasteiger partial charge in [-0.1, -0.05) is 6.07 Å². The van der Waals surface area contributed by atoms with E-state index in [0.29, 0.717) is 17.8 Å². The molecule has 7 heteroatoms. The predicted octanol–water partition coefficient (Wildman–Crippen LogP) is 0.581. The molecule has 1 unspecified atom stereocenters. The Balaban J connectivity index is 2.19. The van der Waals surface area contributed by atoms with Gasteiger partial charge in [-0.05, 0) is 44.0 Å². The number of carbonyl (C=O) groups excluding carboxylic acids is 1. The molecule has 1 saturated heterocycles. The van der Waals surface area contributed by atoms with E-state index in [1.165, 1.54) is 6.07 Å². The number of benzene rings is 1. The van der Waals surface area contributed by atoms with Crippen molar-refractivity contribution >= 4 is 21.6 Å². The summed E-state index contributed by atoms with van der Waals surface area (Å²) in [4.78, 5) is 12.2. The fourth-order valence-electron chi connectivity index (χ4n) is 2.37. The van der Waals surface area contributed by atoms with Gasteiger partial charge in [0.25, 0.3) is 0 Å². The van der Waals surface area contributed by atoms with Gasteiger partial charge in [0, 0.05) is 12.2 Å². The zero-order chi connectivity index (χ0) is 14.8. The molecule has 110 valence electrons. The highest BCUT2D eigenvalue weighted by Gasteiger charge is 2.22. The van der Waals surface area contributed by atoms with Crippen molar-refractivity contribution in [3.05, 3.63) is 23.8 Å². The Bertz CT molecular complexity index is 607. The van der Waals surface area contributed by atoms with Crippen molar-refractivity contribution in [1.82, 2.24) is 5.32 Å². The summed E-state index contributed by atoms with van der Waals surface area (Å²) in [6.45, 7) is 3.22. The van der Waals surface area contributed by atoms with Crippen molar-refractivity contribution in [3.8, 4) is 0 Å². The van der Waals surface area contributed by atoms with Crippen LogP contribution < -0.4 is 15.8 Å². The molecule has 0 bridgehead atoms. The maximum atomic E-state index is 12.1. The van der Waals surface area contributed by atoms with Crippen LogP contribution in [0.4, 0.5) is 5.69 Å². The molecule has 1 fully saturated rings. The molecule has 1 aliphatic rings. The Morgan fingerprint density at radius 3 is 2.80 bits per heavy atom. The highest BCUT2D eigenvalue weighted by atomic mass is 32.2. The van der Waals surface area contributed by atoms with E-state index in [0.717, 1.165) is 19.4 Å². The molecular weight excluding hydrogens is 278 g/mol. The summed E-state index contributed by atoms with van der Waals surface area (Å²) in [6.07, 6.45) is 1.81. The lowest BCUT2D eigenvalue weighted by Crippen LogP contribution is -2.37. The molecule has 2 rings (SSSR count). The third kappa shape index (κ3) is 3.36. The molecule has 1 atom stereocenters. The summed E-state index contributed by atoms with van der Waals surface area (Å²) in [5, 5.41) is 11.1. The number of piperidine rings is 1. The third-order valence-corrected chi connectivity index (χ3v) is 4.57. The molecule has 1 amide bonds. The van der Waals surface area contributed by atoms with E-state index in [1.54, 1.807) is 19.1 Å². The minimum absolute atomic E-state index is 0.0390. The van der Waals surface area contributed by atoms with Gasteiger partial charge in [-0.2, -0.15) is 0 Å². The summed E-state index contributed by atoms with van der Waals surface area (Å²) in [6, 6.07) is 4.68. The minimum atomic E-state index is -3.78. The SMILES string of the molecule is Cc1c(NC(=O)C2CCCNC2)cccc1S(N)(=O)=O. The first kappa shape index (κ1) is 15.0. The number of hydrogen-bond acceptors (Lipinski definition) is 4. The van der Waals surface area contributed by atoms with Crippen LogP contribution in [0.3, 0.4) is 0 Å². The van der Waals surface area contributed by atoms with E-state index in [1.807, 2.05) is 0 Å². The first-order chi connectivity index (χ1) is 9.39. The molecule has 20 heavy (non-hydrogen) atoms. The molecule has 1 aromatic carbocycles. The number of anilines is 1. The van der Waals surface area contributed by atoms with Crippen molar-refractivity contribution < 1.29 is 13.2 Å². The molecule has 1 aromatic rings. The number of primary sulfonamides is 1. The van der Waals surface area contributed by atoms with Crippen molar-refractivity contribution in [1.29, 1.82) is 0 Å². The number of nitrogens with one attached hydrogen (secondary N) is 2. The van der Waals surface area contributed by atoms with Gasteiger partial charge < -0.3 is 10.6 Å². The van der Waals surface area contributed by atoms with Crippen LogP contribution in [0.2, 0.25) is 0 Å². The maximum Gasteiger partial charge on any atom is 0.238 e. The monoisotopic (exact) mass is 297 g/mol. The molecule has 0 aliphatic carbocycles. The van der Waals surface area contributed by atoms with Crippen molar-refractivity contribution in [2.75, 3.05) is 18.4 Å². The first-order valence-corrected chi connectivity index (χ1v) is 8.08. The second-order valence-corrected chi connectivity index (χ2v) is 6.54. The van der Waals surface area contributed by atoms with E-state index < -0.39 is 10.0 Å². The largest absolute Gasteiger partial charge is 0.326 e. The van der Waals surface area contributed by atoms with Gasteiger partial charge in [0.2, 0.25) is 15.9 Å². The van der Waals surface area contributed by atoms with E-state index in [9.17, 15) is 13.2 Å². The minimum Gasteiger partial charge on any atom is -0.326 e. The van der Waals surface area contributed by atoms with Crippen LogP contribution >= 0.6 is 0 Å². The Labute approximate surface area is 118 Å². The highest BCUT2D eigenvalue weighted by molar-refractivity contribution is 7.89. The van der Waals surface area contributed by atoms with Gasteiger partial charge in [-0.25, -0.2) is 13.6 Å². The number of hydrogen-bond donors (Lipinski definition) is 3. The Morgan fingerprint density at radius 2 is 2.20 bits per heavy atom. The lowest BCUT2D eigenvalue weighted by Gasteiger charge is -2.22. The number of amides is 1. The average Bonchev–Trinajstić information content (AvgIpc) is 2.40. The summed E-state index contributed by atoms with van der Waals surface area (Å²) in [5.41, 5.74) is 0.958. The summed E-state index contributed by atoms with van der Waals surface area (Å²) in [7, 11) is -3.78. The Morgan fingerprint density at radius 1 is 1.45 bits per heavy atom.